The maximum absolute atomic E-state index is 15.5. The van der Waals surface area contributed by atoms with Crippen molar-refractivity contribution in [2.45, 2.75) is 69.0 Å². The minimum absolute atomic E-state index is 0. The molecule has 2 heterocycles. The molecular formula is C30H37F3N2O8. The van der Waals surface area contributed by atoms with Crippen molar-refractivity contribution in [3.05, 3.63) is 53.5 Å². The van der Waals surface area contributed by atoms with Gasteiger partial charge in [-0.15, -0.1) is 8.78 Å². The molecule has 10 nitrogen and oxygen atoms in total. The molecule has 0 radical (unpaired) electrons. The van der Waals surface area contributed by atoms with E-state index in [0.717, 1.165) is 5.69 Å². The Labute approximate surface area is 247 Å². The summed E-state index contributed by atoms with van der Waals surface area (Å²) >= 11 is 0. The van der Waals surface area contributed by atoms with Gasteiger partial charge in [0.15, 0.2) is 11.5 Å². The second kappa shape index (κ2) is 11.6. The van der Waals surface area contributed by atoms with Crippen LogP contribution in [0, 0.1) is 5.82 Å². The molecule has 0 unspecified atom stereocenters. The van der Waals surface area contributed by atoms with Crippen LogP contribution in [-0.4, -0.2) is 75.8 Å². The first-order chi connectivity index (χ1) is 20.3. The summed E-state index contributed by atoms with van der Waals surface area (Å²) in [6.45, 7) is 3.16. The molecule has 0 saturated heterocycles. The largest absolute Gasteiger partial charge is 0.586 e. The van der Waals surface area contributed by atoms with E-state index in [1.807, 2.05) is 19.9 Å². The summed E-state index contributed by atoms with van der Waals surface area (Å²) in [5.74, 6) is -1.52. The number of aromatic nitrogens is 1. The number of carbonyl (C=O) groups is 1. The Kier molecular flexibility index (Phi) is 8.40. The van der Waals surface area contributed by atoms with Crippen molar-refractivity contribution < 1.29 is 54.0 Å². The Hall–Kier alpha value is -3.36. The molecule has 13 heteroatoms. The monoisotopic (exact) mass is 610 g/mol. The normalized spacial score (nSPS) is 18.1. The quantitative estimate of drug-likeness (QED) is 0.186. The summed E-state index contributed by atoms with van der Waals surface area (Å²) in [6.07, 6.45) is -4.54. The Bertz CT molecular complexity index is 1510. The maximum atomic E-state index is 15.5. The summed E-state index contributed by atoms with van der Waals surface area (Å²) in [6, 6.07) is 8.75. The van der Waals surface area contributed by atoms with Crippen LogP contribution >= 0.6 is 0 Å². The standard InChI is InChI=1S/C30H35F3N2O8.H2/c1-28(2,7-8-41-16-20(39)15-37)26-10-17-9-22(21(31)12-23(17)35(26)13-19(38)14-36)34-27(40)29(5-6-29)18-3-4-24-25(11-18)43-30(32,33)42-24;/h3-4,9-12,19-20,36-39H,5-8,13-16H2,1-2H3,(H,34,40);1H/t19-,20+;/m1./s1. The van der Waals surface area contributed by atoms with E-state index in [1.54, 1.807) is 4.57 Å². The number of halogens is 3. The molecule has 43 heavy (non-hydrogen) atoms. The number of fused-ring (bicyclic) bond motifs is 2. The first-order valence-electron chi connectivity index (χ1n) is 14.0. The summed E-state index contributed by atoms with van der Waals surface area (Å²) in [5.41, 5.74) is -0.0477. The molecule has 236 valence electrons. The molecule has 2 aromatic carbocycles. The predicted molar refractivity (Wildman–Crippen MR) is 151 cm³/mol. The average Bonchev–Trinajstić information content (AvgIpc) is 3.61. The van der Waals surface area contributed by atoms with Crippen molar-refractivity contribution in [3.8, 4) is 11.5 Å². The van der Waals surface area contributed by atoms with Crippen LogP contribution < -0.4 is 14.8 Å². The fourth-order valence-electron chi connectivity index (χ4n) is 5.39. The molecule has 1 saturated carbocycles. The summed E-state index contributed by atoms with van der Waals surface area (Å²) < 4.78 is 58.7. The van der Waals surface area contributed by atoms with E-state index >= 15 is 4.39 Å². The zero-order valence-corrected chi connectivity index (χ0v) is 23.8. The van der Waals surface area contributed by atoms with E-state index in [-0.39, 0.29) is 38.4 Å². The first-order valence-corrected chi connectivity index (χ1v) is 14.0. The molecule has 1 fully saturated rings. The van der Waals surface area contributed by atoms with E-state index in [1.165, 1.54) is 30.3 Å². The number of aliphatic hydroxyl groups is 4. The van der Waals surface area contributed by atoms with Gasteiger partial charge in [-0.1, -0.05) is 19.9 Å². The first kappa shape index (κ1) is 31.1. The number of alkyl halides is 2. The highest BCUT2D eigenvalue weighted by atomic mass is 19.3. The molecule has 1 amide bonds. The Morgan fingerprint density at radius 3 is 2.47 bits per heavy atom. The number of anilines is 1. The van der Waals surface area contributed by atoms with Gasteiger partial charge in [0.25, 0.3) is 0 Å². The highest BCUT2D eigenvalue weighted by Crippen LogP contribution is 2.52. The number of carbonyl (C=O) groups excluding carboxylic acids is 1. The smallest absolute Gasteiger partial charge is 0.395 e. The molecule has 2 atom stereocenters. The number of hydrogen-bond acceptors (Lipinski definition) is 8. The third-order valence-corrected chi connectivity index (χ3v) is 8.07. The predicted octanol–water partition coefficient (Wildman–Crippen LogP) is 3.41. The van der Waals surface area contributed by atoms with Crippen molar-refractivity contribution in [1.82, 2.24) is 4.57 Å². The van der Waals surface area contributed by atoms with Crippen LogP contribution in [0.1, 0.15) is 45.8 Å². The molecule has 5 rings (SSSR count). The van der Waals surface area contributed by atoms with Gasteiger partial charge in [-0.2, -0.15) is 0 Å². The highest BCUT2D eigenvalue weighted by Gasteiger charge is 2.53. The summed E-state index contributed by atoms with van der Waals surface area (Å²) in [7, 11) is 0. The number of nitrogens with one attached hydrogen (secondary N) is 1. The zero-order chi connectivity index (χ0) is 31.2. The van der Waals surface area contributed by atoms with Crippen LogP contribution in [-0.2, 0) is 26.9 Å². The van der Waals surface area contributed by atoms with E-state index in [0.29, 0.717) is 35.7 Å². The van der Waals surface area contributed by atoms with E-state index in [9.17, 15) is 28.9 Å². The number of benzene rings is 2. The van der Waals surface area contributed by atoms with Crippen molar-refractivity contribution >= 4 is 22.5 Å². The van der Waals surface area contributed by atoms with Gasteiger partial charge in [0.1, 0.15) is 11.9 Å². The lowest BCUT2D eigenvalue weighted by atomic mass is 9.85. The Morgan fingerprint density at radius 1 is 1.09 bits per heavy atom. The lowest BCUT2D eigenvalue weighted by molar-refractivity contribution is -0.286. The lowest BCUT2D eigenvalue weighted by Gasteiger charge is -2.28. The number of aliphatic hydroxyl groups excluding tert-OH is 4. The van der Waals surface area contributed by atoms with Crippen molar-refractivity contribution in [2.24, 2.45) is 0 Å². The minimum Gasteiger partial charge on any atom is -0.395 e. The third-order valence-electron chi connectivity index (χ3n) is 8.07. The molecule has 0 bridgehead atoms. The number of hydrogen-bond donors (Lipinski definition) is 5. The van der Waals surface area contributed by atoms with Crippen LogP contribution in [0.4, 0.5) is 18.9 Å². The van der Waals surface area contributed by atoms with Crippen LogP contribution in [0.15, 0.2) is 36.4 Å². The third kappa shape index (κ3) is 6.31. The maximum Gasteiger partial charge on any atom is 0.586 e. The van der Waals surface area contributed by atoms with Crippen molar-refractivity contribution in [1.29, 1.82) is 0 Å². The summed E-state index contributed by atoms with van der Waals surface area (Å²) in [4.78, 5) is 13.4. The van der Waals surface area contributed by atoms with Gasteiger partial charge in [-0.05, 0) is 49.1 Å². The Balaban J connectivity index is 0.00000442. The zero-order valence-electron chi connectivity index (χ0n) is 23.8. The van der Waals surface area contributed by atoms with Gasteiger partial charge in [0, 0.05) is 30.6 Å². The molecule has 3 aromatic rings. The number of rotatable bonds is 13. The van der Waals surface area contributed by atoms with Crippen molar-refractivity contribution in [2.75, 3.05) is 31.7 Å². The van der Waals surface area contributed by atoms with Crippen LogP contribution in [0.5, 0.6) is 11.5 Å². The molecule has 2 aliphatic rings. The number of nitrogens with zero attached hydrogens (tertiary/aromatic N) is 1. The molecule has 1 aromatic heterocycles. The lowest BCUT2D eigenvalue weighted by Crippen LogP contribution is -2.29. The fourth-order valence-corrected chi connectivity index (χ4v) is 5.39. The van der Waals surface area contributed by atoms with Gasteiger partial charge in [-0.25, -0.2) is 4.39 Å². The molecular weight excluding hydrogens is 573 g/mol. The van der Waals surface area contributed by atoms with Gasteiger partial charge in [0.2, 0.25) is 5.91 Å². The number of ether oxygens (including phenoxy) is 3. The van der Waals surface area contributed by atoms with E-state index in [2.05, 4.69) is 14.8 Å². The fraction of sp³-hybridized carbons (Fsp3) is 0.500. The highest BCUT2D eigenvalue weighted by molar-refractivity contribution is 6.03. The Morgan fingerprint density at radius 2 is 1.79 bits per heavy atom. The van der Waals surface area contributed by atoms with Gasteiger partial charge >= 0.3 is 6.29 Å². The molecule has 0 spiro atoms. The van der Waals surface area contributed by atoms with E-state index in [4.69, 9.17) is 9.84 Å². The SMILES string of the molecule is CC(C)(CCOC[C@@H](O)CO)c1cc2cc(NC(=O)C3(c4ccc5c(c4)OC(F)(F)O5)CC3)c(F)cc2n1C[C@@H](O)CO.[HH]. The summed E-state index contributed by atoms with van der Waals surface area (Å²) in [5, 5.41) is 41.5. The van der Waals surface area contributed by atoms with Crippen molar-refractivity contribution in [3.63, 3.8) is 0 Å². The topological polar surface area (TPSA) is 143 Å². The molecule has 1 aliphatic heterocycles. The van der Waals surface area contributed by atoms with Crippen LogP contribution in [0.25, 0.3) is 10.9 Å². The molecule has 1 aliphatic carbocycles. The second-order valence-corrected chi connectivity index (χ2v) is 11.8. The van der Waals surface area contributed by atoms with Crippen LogP contribution in [0.2, 0.25) is 0 Å². The number of amides is 1. The van der Waals surface area contributed by atoms with E-state index < -0.39 is 54.3 Å². The molecule has 5 N–H and O–H groups in total. The van der Waals surface area contributed by atoms with Gasteiger partial charge in [-0.3, -0.25) is 4.79 Å². The van der Waals surface area contributed by atoms with Gasteiger partial charge < -0.3 is 44.5 Å². The minimum atomic E-state index is -3.79. The average molecular weight is 611 g/mol. The second-order valence-electron chi connectivity index (χ2n) is 11.8. The van der Waals surface area contributed by atoms with Gasteiger partial charge in [0.05, 0.1) is 49.1 Å². The van der Waals surface area contributed by atoms with Crippen LogP contribution in [0.3, 0.4) is 0 Å².